The van der Waals surface area contributed by atoms with Crippen LogP contribution in [0, 0.1) is 6.92 Å². The first kappa shape index (κ1) is 31.0. The maximum atomic E-state index is 13.4. The van der Waals surface area contributed by atoms with Crippen LogP contribution in [-0.4, -0.2) is 29.9 Å². The van der Waals surface area contributed by atoms with Gasteiger partial charge in [0.15, 0.2) is 0 Å². The molecule has 0 aliphatic carbocycles. The minimum Gasteiger partial charge on any atom is -0.369 e. The lowest BCUT2D eigenvalue weighted by molar-refractivity contribution is -0.136. The van der Waals surface area contributed by atoms with E-state index < -0.39 is 12.0 Å². The van der Waals surface area contributed by atoms with E-state index in [1.165, 1.54) is 0 Å². The quantitative estimate of drug-likeness (QED) is 0.205. The number of benzene rings is 3. The van der Waals surface area contributed by atoms with Crippen molar-refractivity contribution in [2.24, 2.45) is 0 Å². The number of aryl methyl sites for hydroxylation is 1. The van der Waals surface area contributed by atoms with Crippen molar-refractivity contribution in [3.63, 3.8) is 0 Å². The lowest BCUT2D eigenvalue weighted by Crippen LogP contribution is -2.41. The van der Waals surface area contributed by atoms with Crippen LogP contribution in [0.1, 0.15) is 65.8 Å². The Balaban J connectivity index is 1.91. The summed E-state index contributed by atoms with van der Waals surface area (Å²) in [6.07, 6.45) is 5.24. The fraction of sp³-hybridized carbons (Fsp3) is 0.355. The molecule has 1 amide bonds. The number of amides is 1. The summed E-state index contributed by atoms with van der Waals surface area (Å²) in [5, 5.41) is 3.50. The number of halogens is 2. The highest BCUT2D eigenvalue weighted by Crippen LogP contribution is 2.31. The van der Waals surface area contributed by atoms with Crippen LogP contribution in [0.2, 0.25) is 5.02 Å². The summed E-state index contributed by atoms with van der Waals surface area (Å²) in [5.41, 5.74) is 5.18. The summed E-state index contributed by atoms with van der Waals surface area (Å²) >= 11 is 13.2. The number of hydrogen-bond donors (Lipinski definition) is 1. The predicted octanol–water partition coefficient (Wildman–Crippen LogP) is 8.31. The molecule has 0 spiro atoms. The number of nitrogens with one attached hydrogen (secondary N) is 1. The Kier molecular flexibility index (Phi) is 12.7. The molecule has 2 unspecified atom stereocenters. The molecule has 0 radical (unpaired) electrons. The van der Waals surface area contributed by atoms with E-state index in [1.807, 2.05) is 73.8 Å². The largest absolute Gasteiger partial charge is 0.369 e. The minimum atomic E-state index is -0.841. The first-order valence-electron chi connectivity index (χ1n) is 13.1. The van der Waals surface area contributed by atoms with Crippen molar-refractivity contribution in [2.75, 3.05) is 12.0 Å². The summed E-state index contributed by atoms with van der Waals surface area (Å²) in [4.78, 5) is 25.7. The summed E-state index contributed by atoms with van der Waals surface area (Å²) in [7, 11) is 0. The highest BCUT2D eigenvalue weighted by molar-refractivity contribution is 7.98. The van der Waals surface area contributed by atoms with Gasteiger partial charge in [-0.3, -0.25) is 4.79 Å². The van der Waals surface area contributed by atoms with Gasteiger partial charge in [0.1, 0.15) is 17.9 Å². The molecular weight excluding hydrogens is 553 g/mol. The zero-order chi connectivity index (χ0) is 28.2. The fourth-order valence-corrected chi connectivity index (χ4v) is 5.17. The topological polar surface area (TPSA) is 64.6 Å². The second kappa shape index (κ2) is 15.9. The van der Waals surface area contributed by atoms with Crippen molar-refractivity contribution in [3.8, 4) is 11.1 Å². The molecule has 3 rings (SSSR count). The molecule has 0 heterocycles. The number of thioether (sulfide) groups is 1. The molecule has 3 aromatic rings. The molecule has 0 aromatic heterocycles. The first-order chi connectivity index (χ1) is 18.9. The van der Waals surface area contributed by atoms with E-state index in [0.29, 0.717) is 29.4 Å². The standard InChI is InChI=1S/C31H35Cl2NO4S/c1-4-5-13-29(23-10-8-11-24(32)19-23)37-20-22-14-15-26(27(18-22)25-12-7-6-9-21(25)2)30(35)34-28(16-17-39-3)31(36)38-33/h6-12,14-15,18-19,28-29H,4-5,13,16-17,20H2,1-3H3,(H,34,35). The van der Waals surface area contributed by atoms with Gasteiger partial charge in [-0.1, -0.05) is 73.8 Å². The van der Waals surface area contributed by atoms with E-state index in [1.54, 1.807) is 17.8 Å². The zero-order valence-electron chi connectivity index (χ0n) is 22.5. The Morgan fingerprint density at radius 1 is 1.00 bits per heavy atom. The van der Waals surface area contributed by atoms with Crippen LogP contribution < -0.4 is 5.32 Å². The molecule has 1 N–H and O–H groups in total. The van der Waals surface area contributed by atoms with Gasteiger partial charge in [-0.25, -0.2) is 4.79 Å². The molecule has 0 fully saturated rings. The molecule has 0 saturated carbocycles. The molecule has 39 heavy (non-hydrogen) atoms. The SMILES string of the molecule is CCCCC(OCc1ccc(C(=O)NC(CCSC)C(=O)OCl)c(-c2ccccc2C)c1)c1cccc(Cl)c1. The zero-order valence-corrected chi connectivity index (χ0v) is 24.9. The van der Waals surface area contributed by atoms with Gasteiger partial charge >= 0.3 is 5.97 Å². The molecule has 2 atom stereocenters. The van der Waals surface area contributed by atoms with Crippen LogP contribution in [0.15, 0.2) is 66.7 Å². The second-order valence-corrected chi connectivity index (χ2v) is 11.0. The number of rotatable bonds is 14. The smallest absolute Gasteiger partial charge is 0.346 e. The van der Waals surface area contributed by atoms with Gasteiger partial charge in [-0.05, 0) is 83.9 Å². The van der Waals surface area contributed by atoms with Crippen molar-refractivity contribution in [3.05, 3.63) is 94.0 Å². The molecule has 0 bridgehead atoms. The van der Waals surface area contributed by atoms with E-state index >= 15 is 0 Å². The molecular formula is C31H35Cl2NO4S. The van der Waals surface area contributed by atoms with Crippen molar-refractivity contribution < 1.29 is 18.6 Å². The molecule has 5 nitrogen and oxygen atoms in total. The van der Waals surface area contributed by atoms with Gasteiger partial charge in [0.05, 0.1) is 12.7 Å². The summed E-state index contributed by atoms with van der Waals surface area (Å²) in [6.45, 7) is 4.54. The van der Waals surface area contributed by atoms with Crippen LogP contribution >= 0.6 is 35.2 Å². The Morgan fingerprint density at radius 3 is 2.49 bits per heavy atom. The highest BCUT2D eigenvalue weighted by atomic mass is 35.5. The second-order valence-electron chi connectivity index (χ2n) is 9.40. The number of hydrogen-bond acceptors (Lipinski definition) is 5. The Bertz CT molecular complexity index is 1250. The monoisotopic (exact) mass is 587 g/mol. The lowest BCUT2D eigenvalue weighted by Gasteiger charge is -2.20. The fourth-order valence-electron chi connectivity index (χ4n) is 4.39. The van der Waals surface area contributed by atoms with E-state index in [2.05, 4.69) is 16.5 Å². The minimum absolute atomic E-state index is 0.0905. The van der Waals surface area contributed by atoms with Crippen LogP contribution in [0.3, 0.4) is 0 Å². The molecule has 208 valence electrons. The van der Waals surface area contributed by atoms with E-state index in [9.17, 15) is 9.59 Å². The number of carbonyl (C=O) groups is 2. The number of carbonyl (C=O) groups excluding carboxylic acids is 2. The van der Waals surface area contributed by atoms with E-state index in [4.69, 9.17) is 28.2 Å². The van der Waals surface area contributed by atoms with Gasteiger partial charge in [0.2, 0.25) is 0 Å². The summed E-state index contributed by atoms with van der Waals surface area (Å²) in [6, 6.07) is 20.5. The molecule has 0 saturated heterocycles. The van der Waals surface area contributed by atoms with Crippen LogP contribution in [0.4, 0.5) is 0 Å². The molecule has 3 aromatic carbocycles. The van der Waals surface area contributed by atoms with E-state index in [-0.39, 0.29) is 12.0 Å². The van der Waals surface area contributed by atoms with Crippen LogP contribution in [0.25, 0.3) is 11.1 Å². The Morgan fingerprint density at radius 2 is 1.79 bits per heavy atom. The van der Waals surface area contributed by atoms with Crippen molar-refractivity contribution in [2.45, 2.75) is 58.3 Å². The molecule has 8 heteroatoms. The van der Waals surface area contributed by atoms with Gasteiger partial charge in [-0.15, -0.1) is 0 Å². The Labute approximate surface area is 245 Å². The Hall–Kier alpha value is -2.51. The third kappa shape index (κ3) is 9.00. The van der Waals surface area contributed by atoms with Crippen molar-refractivity contribution >= 4 is 47.1 Å². The van der Waals surface area contributed by atoms with Gasteiger partial charge < -0.3 is 14.3 Å². The van der Waals surface area contributed by atoms with Crippen LogP contribution in [0.5, 0.6) is 0 Å². The average molecular weight is 589 g/mol. The third-order valence-electron chi connectivity index (χ3n) is 6.53. The maximum absolute atomic E-state index is 13.4. The van der Waals surface area contributed by atoms with Crippen molar-refractivity contribution in [1.29, 1.82) is 0 Å². The van der Waals surface area contributed by atoms with Crippen molar-refractivity contribution in [1.82, 2.24) is 5.32 Å². The van der Waals surface area contributed by atoms with E-state index in [0.717, 1.165) is 47.1 Å². The lowest BCUT2D eigenvalue weighted by atomic mass is 9.93. The molecule has 0 aliphatic heterocycles. The summed E-state index contributed by atoms with van der Waals surface area (Å²) < 4.78 is 10.8. The average Bonchev–Trinajstić information content (AvgIpc) is 2.95. The number of unbranched alkanes of at least 4 members (excludes halogenated alkanes) is 1. The third-order valence-corrected chi connectivity index (χ3v) is 7.56. The first-order valence-corrected chi connectivity index (χ1v) is 15.1. The summed E-state index contributed by atoms with van der Waals surface area (Å²) in [5.74, 6) is -0.377. The van der Waals surface area contributed by atoms with Gasteiger partial charge in [-0.2, -0.15) is 11.8 Å². The van der Waals surface area contributed by atoms with Crippen LogP contribution in [-0.2, 0) is 20.4 Å². The molecule has 0 aliphatic rings. The predicted molar refractivity (Wildman–Crippen MR) is 161 cm³/mol. The maximum Gasteiger partial charge on any atom is 0.346 e. The van der Waals surface area contributed by atoms with Gasteiger partial charge in [0, 0.05) is 10.6 Å². The van der Waals surface area contributed by atoms with Gasteiger partial charge in [0.25, 0.3) is 5.91 Å². The number of ether oxygens (including phenoxy) is 1. The normalized spacial score (nSPS) is 12.5. The highest BCUT2D eigenvalue weighted by Gasteiger charge is 2.24.